The van der Waals surface area contributed by atoms with Crippen molar-refractivity contribution in [1.82, 2.24) is 14.9 Å². The Bertz CT molecular complexity index is 720. The molecule has 2 N–H and O–H groups in total. The number of imidazole rings is 1. The molecular formula is C21H28N4O. The number of nitrogens with one attached hydrogen (secondary N) is 2. The highest BCUT2D eigenvalue weighted by atomic mass is 16.1. The molecule has 0 saturated carbocycles. The smallest absolute Gasteiger partial charge is 0.224 e. The minimum atomic E-state index is 0.119. The fourth-order valence-corrected chi connectivity index (χ4v) is 4.01. The number of piperidine rings is 1. The van der Waals surface area contributed by atoms with Gasteiger partial charge in [-0.3, -0.25) is 4.79 Å². The van der Waals surface area contributed by atoms with Crippen LogP contribution < -0.4 is 10.6 Å². The van der Waals surface area contributed by atoms with Crippen molar-refractivity contribution in [1.29, 1.82) is 0 Å². The summed E-state index contributed by atoms with van der Waals surface area (Å²) in [4.78, 5) is 17.0. The van der Waals surface area contributed by atoms with E-state index in [1.54, 1.807) is 0 Å². The van der Waals surface area contributed by atoms with E-state index in [0.717, 1.165) is 49.4 Å². The van der Waals surface area contributed by atoms with Gasteiger partial charge in [0.25, 0.3) is 0 Å². The summed E-state index contributed by atoms with van der Waals surface area (Å²) in [6.45, 7) is 3.25. The maximum absolute atomic E-state index is 12.2. The van der Waals surface area contributed by atoms with E-state index < -0.39 is 0 Å². The van der Waals surface area contributed by atoms with Crippen molar-refractivity contribution >= 4 is 11.6 Å². The standard InChI is InChI=1S/C21H28N4O/c26-21(9-4-16-10-12-22-13-11-16)23-18-7-5-17(6-8-18)19-15-25-14-2-1-3-20(25)24-19/h5-8,15-16,22H,1-4,9-14H2,(H,23,26). The summed E-state index contributed by atoms with van der Waals surface area (Å²) in [7, 11) is 0. The number of anilines is 1. The number of benzene rings is 1. The minimum absolute atomic E-state index is 0.119. The third-order valence-corrected chi connectivity index (χ3v) is 5.61. The van der Waals surface area contributed by atoms with E-state index in [4.69, 9.17) is 4.98 Å². The van der Waals surface area contributed by atoms with Crippen LogP contribution in [0.4, 0.5) is 5.69 Å². The topological polar surface area (TPSA) is 59.0 Å². The number of carbonyl (C=O) groups excluding carboxylic acids is 1. The zero-order chi connectivity index (χ0) is 17.8. The van der Waals surface area contributed by atoms with Crippen molar-refractivity contribution in [3.8, 4) is 11.3 Å². The highest BCUT2D eigenvalue weighted by Gasteiger charge is 2.15. The molecule has 0 unspecified atom stereocenters. The lowest BCUT2D eigenvalue weighted by atomic mass is 9.93. The van der Waals surface area contributed by atoms with Gasteiger partial charge in [0.15, 0.2) is 0 Å². The summed E-state index contributed by atoms with van der Waals surface area (Å²) in [5.41, 5.74) is 3.01. The van der Waals surface area contributed by atoms with Crippen LogP contribution in [0.15, 0.2) is 30.5 Å². The lowest BCUT2D eigenvalue weighted by molar-refractivity contribution is -0.116. The molecule has 26 heavy (non-hydrogen) atoms. The highest BCUT2D eigenvalue weighted by molar-refractivity contribution is 5.90. The molecule has 2 aromatic rings. The fraction of sp³-hybridized carbons (Fsp3) is 0.524. The van der Waals surface area contributed by atoms with Crippen molar-refractivity contribution in [2.75, 3.05) is 18.4 Å². The van der Waals surface area contributed by atoms with Crippen LogP contribution in [0.5, 0.6) is 0 Å². The van der Waals surface area contributed by atoms with Gasteiger partial charge in [0, 0.05) is 36.8 Å². The summed E-state index contributed by atoms with van der Waals surface area (Å²) in [6.07, 6.45) is 9.69. The molecule has 0 radical (unpaired) electrons. The number of aromatic nitrogens is 2. The lowest BCUT2D eigenvalue weighted by Gasteiger charge is -2.22. The number of amides is 1. The van der Waals surface area contributed by atoms with Gasteiger partial charge in [-0.25, -0.2) is 4.98 Å². The van der Waals surface area contributed by atoms with Gasteiger partial charge in [-0.05, 0) is 63.2 Å². The van der Waals surface area contributed by atoms with Crippen molar-refractivity contribution in [2.24, 2.45) is 5.92 Å². The number of hydrogen-bond acceptors (Lipinski definition) is 3. The third-order valence-electron chi connectivity index (χ3n) is 5.61. The second kappa shape index (κ2) is 8.04. The third kappa shape index (κ3) is 4.15. The molecular weight excluding hydrogens is 324 g/mol. The largest absolute Gasteiger partial charge is 0.334 e. The first-order valence-electron chi connectivity index (χ1n) is 9.95. The van der Waals surface area contributed by atoms with Gasteiger partial charge in [-0.1, -0.05) is 12.1 Å². The minimum Gasteiger partial charge on any atom is -0.334 e. The molecule has 3 heterocycles. The van der Waals surface area contributed by atoms with Gasteiger partial charge < -0.3 is 15.2 Å². The van der Waals surface area contributed by atoms with E-state index in [-0.39, 0.29) is 5.91 Å². The van der Waals surface area contributed by atoms with Crippen LogP contribution in [0.3, 0.4) is 0 Å². The van der Waals surface area contributed by atoms with Crippen molar-refractivity contribution in [3.05, 3.63) is 36.3 Å². The molecule has 0 atom stereocenters. The van der Waals surface area contributed by atoms with Crippen molar-refractivity contribution in [3.63, 3.8) is 0 Å². The first-order valence-corrected chi connectivity index (χ1v) is 9.95. The van der Waals surface area contributed by atoms with E-state index in [0.29, 0.717) is 12.3 Å². The van der Waals surface area contributed by atoms with Crippen LogP contribution in [0.1, 0.15) is 44.3 Å². The Hall–Kier alpha value is -2.14. The van der Waals surface area contributed by atoms with Crippen LogP contribution in [0, 0.1) is 5.92 Å². The zero-order valence-electron chi connectivity index (χ0n) is 15.3. The SMILES string of the molecule is O=C(CCC1CCNCC1)Nc1ccc(-c2cn3c(n2)CCCC3)cc1. The molecule has 2 aliphatic rings. The molecule has 4 rings (SSSR count). The molecule has 5 nitrogen and oxygen atoms in total. The molecule has 5 heteroatoms. The Kier molecular flexibility index (Phi) is 5.34. The zero-order valence-corrected chi connectivity index (χ0v) is 15.3. The van der Waals surface area contributed by atoms with Crippen LogP contribution in [0.2, 0.25) is 0 Å². The second-order valence-corrected chi connectivity index (χ2v) is 7.55. The van der Waals surface area contributed by atoms with Crippen molar-refractivity contribution < 1.29 is 4.79 Å². The van der Waals surface area contributed by atoms with E-state index in [1.807, 2.05) is 12.1 Å². The lowest BCUT2D eigenvalue weighted by Crippen LogP contribution is -2.28. The molecule has 1 amide bonds. The van der Waals surface area contributed by atoms with Gasteiger partial charge in [-0.2, -0.15) is 0 Å². The van der Waals surface area contributed by atoms with Crippen molar-refractivity contribution in [2.45, 2.75) is 51.5 Å². The number of aryl methyl sites for hydroxylation is 2. The van der Waals surface area contributed by atoms with E-state index in [1.165, 1.54) is 31.5 Å². The summed E-state index contributed by atoms with van der Waals surface area (Å²) < 4.78 is 2.27. The summed E-state index contributed by atoms with van der Waals surface area (Å²) in [5, 5.41) is 6.40. The molecule has 0 aliphatic carbocycles. The maximum Gasteiger partial charge on any atom is 0.224 e. The summed E-state index contributed by atoms with van der Waals surface area (Å²) in [5.74, 6) is 2.01. The normalized spacial score (nSPS) is 17.7. The van der Waals surface area contributed by atoms with Gasteiger partial charge in [0.05, 0.1) is 5.69 Å². The van der Waals surface area contributed by atoms with E-state index in [9.17, 15) is 4.79 Å². The molecule has 1 saturated heterocycles. The molecule has 1 aromatic carbocycles. The second-order valence-electron chi connectivity index (χ2n) is 7.55. The van der Waals surface area contributed by atoms with Gasteiger partial charge in [0.1, 0.15) is 5.82 Å². The first-order chi connectivity index (χ1) is 12.8. The molecule has 138 valence electrons. The Morgan fingerprint density at radius 3 is 2.77 bits per heavy atom. The van der Waals surface area contributed by atoms with Gasteiger partial charge >= 0.3 is 0 Å². The first kappa shape index (κ1) is 17.3. The van der Waals surface area contributed by atoms with Crippen LogP contribution in [0.25, 0.3) is 11.3 Å². The predicted molar refractivity (Wildman–Crippen MR) is 104 cm³/mol. The number of nitrogens with zero attached hydrogens (tertiary/aromatic N) is 2. The number of rotatable bonds is 5. The average molecular weight is 352 g/mol. The van der Waals surface area contributed by atoms with E-state index >= 15 is 0 Å². The fourth-order valence-electron chi connectivity index (χ4n) is 4.01. The molecule has 1 fully saturated rings. The van der Waals surface area contributed by atoms with Crippen LogP contribution in [-0.2, 0) is 17.8 Å². The summed E-state index contributed by atoms with van der Waals surface area (Å²) >= 11 is 0. The van der Waals surface area contributed by atoms with E-state index in [2.05, 4.69) is 33.5 Å². The quantitative estimate of drug-likeness (QED) is 0.864. The summed E-state index contributed by atoms with van der Waals surface area (Å²) in [6, 6.07) is 8.07. The molecule has 0 spiro atoms. The maximum atomic E-state index is 12.2. The van der Waals surface area contributed by atoms with Crippen LogP contribution >= 0.6 is 0 Å². The average Bonchev–Trinajstić information content (AvgIpc) is 3.12. The highest BCUT2D eigenvalue weighted by Crippen LogP contribution is 2.24. The number of carbonyl (C=O) groups is 1. The van der Waals surface area contributed by atoms with Crippen LogP contribution in [-0.4, -0.2) is 28.5 Å². The molecule has 2 aliphatic heterocycles. The number of fused-ring (bicyclic) bond motifs is 1. The predicted octanol–water partition coefficient (Wildman–Crippen LogP) is 3.60. The Morgan fingerprint density at radius 2 is 2.00 bits per heavy atom. The monoisotopic (exact) mass is 352 g/mol. The van der Waals surface area contributed by atoms with Gasteiger partial charge in [-0.15, -0.1) is 0 Å². The Morgan fingerprint density at radius 1 is 1.19 bits per heavy atom. The number of hydrogen-bond donors (Lipinski definition) is 2. The Balaban J connectivity index is 1.32. The van der Waals surface area contributed by atoms with Gasteiger partial charge in [0.2, 0.25) is 5.91 Å². The molecule has 1 aromatic heterocycles. The molecule has 0 bridgehead atoms. The Labute approximate surface area is 155 Å².